The van der Waals surface area contributed by atoms with Crippen molar-refractivity contribution in [2.45, 2.75) is 6.42 Å². The number of hydrogen-bond acceptors (Lipinski definition) is 6. The molecule has 1 fully saturated rings. The largest absolute Gasteiger partial charge is 0.451 e. The monoisotopic (exact) mass is 334 g/mol. The first-order valence-corrected chi connectivity index (χ1v) is 8.26. The van der Waals surface area contributed by atoms with E-state index >= 15 is 0 Å². The normalized spacial score (nSPS) is 20.1. The molecule has 2 aromatic heterocycles. The molecular weight excluding hydrogens is 316 g/mol. The Balaban J connectivity index is 1.75. The van der Waals surface area contributed by atoms with Crippen LogP contribution in [0.2, 0.25) is 5.28 Å². The Morgan fingerprint density at radius 3 is 2.74 bits per heavy atom. The van der Waals surface area contributed by atoms with Gasteiger partial charge in [-0.1, -0.05) is 6.08 Å². The van der Waals surface area contributed by atoms with Crippen molar-refractivity contribution in [1.82, 2.24) is 14.9 Å². The summed E-state index contributed by atoms with van der Waals surface area (Å²) in [7, 11) is 2.12. The summed E-state index contributed by atoms with van der Waals surface area (Å²) in [6.45, 7) is 4.92. The van der Waals surface area contributed by atoms with Crippen molar-refractivity contribution in [1.29, 1.82) is 0 Å². The van der Waals surface area contributed by atoms with Gasteiger partial charge in [-0.25, -0.2) is 4.98 Å². The van der Waals surface area contributed by atoms with Gasteiger partial charge in [0.15, 0.2) is 11.4 Å². The molecule has 0 saturated carbocycles. The fraction of sp³-hybridized carbons (Fsp3) is 0.500. The van der Waals surface area contributed by atoms with Crippen molar-refractivity contribution < 1.29 is 9.15 Å². The smallest absolute Gasteiger partial charge is 0.225 e. The summed E-state index contributed by atoms with van der Waals surface area (Å²) < 4.78 is 11.5. The Hall–Kier alpha value is -1.63. The molecule has 0 radical (unpaired) electrons. The predicted octanol–water partition coefficient (Wildman–Crippen LogP) is 2.43. The van der Waals surface area contributed by atoms with Crippen molar-refractivity contribution in [3.63, 3.8) is 0 Å². The zero-order valence-corrected chi connectivity index (χ0v) is 13.8. The molecule has 122 valence electrons. The number of aromatic nitrogens is 2. The molecular formula is C16H19ClN4O2. The third-order valence-electron chi connectivity index (χ3n) is 4.37. The van der Waals surface area contributed by atoms with Gasteiger partial charge in [0.2, 0.25) is 5.28 Å². The number of anilines is 1. The number of likely N-dealkylation sites (N-methyl/N-ethyl adjacent to an activating group) is 1. The highest BCUT2D eigenvalue weighted by molar-refractivity contribution is 6.28. The van der Waals surface area contributed by atoms with E-state index in [1.165, 1.54) is 5.57 Å². The van der Waals surface area contributed by atoms with Gasteiger partial charge in [0.1, 0.15) is 11.3 Å². The van der Waals surface area contributed by atoms with Crippen molar-refractivity contribution in [2.75, 3.05) is 51.3 Å². The van der Waals surface area contributed by atoms with E-state index in [4.69, 9.17) is 20.8 Å². The third-order valence-corrected chi connectivity index (χ3v) is 4.53. The molecule has 23 heavy (non-hydrogen) atoms. The minimum absolute atomic E-state index is 0.253. The summed E-state index contributed by atoms with van der Waals surface area (Å²) in [4.78, 5) is 13.2. The van der Waals surface area contributed by atoms with Crippen molar-refractivity contribution >= 4 is 34.1 Å². The fourth-order valence-electron chi connectivity index (χ4n) is 3.03. The van der Waals surface area contributed by atoms with E-state index in [9.17, 15) is 0 Å². The molecule has 0 bridgehead atoms. The molecule has 1 saturated heterocycles. The van der Waals surface area contributed by atoms with Gasteiger partial charge in [-0.15, -0.1) is 0 Å². The van der Waals surface area contributed by atoms with Crippen LogP contribution in [0.1, 0.15) is 12.2 Å². The number of morpholine rings is 1. The zero-order chi connectivity index (χ0) is 15.8. The molecule has 0 unspecified atom stereocenters. The molecule has 0 N–H and O–H groups in total. The molecule has 2 aliphatic heterocycles. The zero-order valence-electron chi connectivity index (χ0n) is 13.1. The highest BCUT2D eigenvalue weighted by atomic mass is 35.5. The van der Waals surface area contributed by atoms with Crippen LogP contribution < -0.4 is 4.90 Å². The molecule has 0 aromatic carbocycles. The Morgan fingerprint density at radius 1 is 1.17 bits per heavy atom. The molecule has 2 aliphatic rings. The number of rotatable bonds is 2. The Morgan fingerprint density at radius 2 is 2.00 bits per heavy atom. The lowest BCUT2D eigenvalue weighted by Crippen LogP contribution is -2.36. The molecule has 6 nitrogen and oxygen atoms in total. The Bertz CT molecular complexity index is 752. The summed E-state index contributed by atoms with van der Waals surface area (Å²) in [5, 5.41) is 0.253. The average molecular weight is 335 g/mol. The van der Waals surface area contributed by atoms with E-state index in [2.05, 4.69) is 32.9 Å². The Kier molecular flexibility index (Phi) is 3.97. The SMILES string of the molecule is CN1CC=C(c2cc3nc(Cl)nc(N4CCOCC4)c3o2)CC1. The van der Waals surface area contributed by atoms with Gasteiger partial charge in [-0.05, 0) is 30.6 Å². The molecule has 0 atom stereocenters. The highest BCUT2D eigenvalue weighted by Gasteiger charge is 2.22. The molecule has 7 heteroatoms. The number of fused-ring (bicyclic) bond motifs is 1. The lowest BCUT2D eigenvalue weighted by Gasteiger charge is -2.27. The summed E-state index contributed by atoms with van der Waals surface area (Å²) in [5.74, 6) is 1.64. The van der Waals surface area contributed by atoms with Gasteiger partial charge in [-0.3, -0.25) is 0 Å². The van der Waals surface area contributed by atoms with Crippen molar-refractivity contribution in [2.24, 2.45) is 0 Å². The summed E-state index contributed by atoms with van der Waals surface area (Å²) in [6, 6.07) is 1.98. The van der Waals surface area contributed by atoms with Crippen molar-refractivity contribution in [3.8, 4) is 0 Å². The average Bonchev–Trinajstić information content (AvgIpc) is 2.99. The van der Waals surface area contributed by atoms with Gasteiger partial charge in [0.25, 0.3) is 0 Å². The topological polar surface area (TPSA) is 54.6 Å². The summed E-state index contributed by atoms with van der Waals surface area (Å²) in [6.07, 6.45) is 3.19. The maximum Gasteiger partial charge on any atom is 0.225 e. The maximum atomic E-state index is 6.13. The number of ether oxygens (including phenoxy) is 1. The fourth-order valence-corrected chi connectivity index (χ4v) is 3.20. The lowest BCUT2D eigenvalue weighted by atomic mass is 10.1. The molecule has 4 rings (SSSR count). The van der Waals surface area contributed by atoms with Crippen molar-refractivity contribution in [3.05, 3.63) is 23.2 Å². The number of hydrogen-bond donors (Lipinski definition) is 0. The van der Waals surface area contributed by atoms with Crippen LogP contribution in [0, 0.1) is 0 Å². The Labute approximate surface area is 139 Å². The predicted molar refractivity (Wildman–Crippen MR) is 89.9 cm³/mol. The van der Waals surface area contributed by atoms with E-state index in [-0.39, 0.29) is 5.28 Å². The van der Waals surface area contributed by atoms with Crippen LogP contribution in [0.15, 0.2) is 16.6 Å². The molecule has 4 heterocycles. The van der Waals surface area contributed by atoms with Crippen LogP contribution in [0.25, 0.3) is 16.7 Å². The van der Waals surface area contributed by atoms with Gasteiger partial charge < -0.3 is 19.0 Å². The molecule has 0 spiro atoms. The first kappa shape index (κ1) is 14.9. The standard InChI is InChI=1S/C16H19ClN4O2/c1-20-4-2-11(3-5-20)13-10-12-14(23-13)15(19-16(17)18-12)21-6-8-22-9-7-21/h2,10H,3-9H2,1H3. The maximum absolute atomic E-state index is 6.13. The number of nitrogens with zero attached hydrogens (tertiary/aromatic N) is 4. The van der Waals surface area contributed by atoms with Crippen LogP contribution in [-0.2, 0) is 4.74 Å². The van der Waals surface area contributed by atoms with Gasteiger partial charge in [-0.2, -0.15) is 4.98 Å². The quantitative estimate of drug-likeness (QED) is 0.786. The minimum Gasteiger partial charge on any atom is -0.451 e. The second-order valence-electron chi connectivity index (χ2n) is 5.98. The van der Waals surface area contributed by atoms with E-state index in [1.54, 1.807) is 0 Å². The van der Waals surface area contributed by atoms with E-state index in [0.29, 0.717) is 18.8 Å². The van der Waals surface area contributed by atoms with Gasteiger partial charge in [0, 0.05) is 32.2 Å². The minimum atomic E-state index is 0.253. The third kappa shape index (κ3) is 2.94. The molecule has 2 aromatic rings. The summed E-state index contributed by atoms with van der Waals surface area (Å²) in [5.41, 5.74) is 2.71. The van der Waals surface area contributed by atoms with Crippen LogP contribution in [0.4, 0.5) is 5.82 Å². The van der Waals surface area contributed by atoms with E-state index in [0.717, 1.165) is 49.7 Å². The van der Waals surface area contributed by atoms with Crippen LogP contribution >= 0.6 is 11.6 Å². The second kappa shape index (κ2) is 6.11. The van der Waals surface area contributed by atoms with Gasteiger partial charge >= 0.3 is 0 Å². The summed E-state index contributed by atoms with van der Waals surface area (Å²) >= 11 is 6.11. The number of halogens is 1. The van der Waals surface area contributed by atoms with Crippen LogP contribution in [0.3, 0.4) is 0 Å². The lowest BCUT2D eigenvalue weighted by molar-refractivity contribution is 0.122. The first-order valence-electron chi connectivity index (χ1n) is 7.88. The highest BCUT2D eigenvalue weighted by Crippen LogP contribution is 2.33. The molecule has 0 amide bonds. The number of furan rings is 1. The van der Waals surface area contributed by atoms with E-state index < -0.39 is 0 Å². The molecule has 0 aliphatic carbocycles. The van der Waals surface area contributed by atoms with Crippen LogP contribution in [0.5, 0.6) is 0 Å². The van der Waals surface area contributed by atoms with E-state index in [1.807, 2.05) is 6.07 Å². The second-order valence-corrected chi connectivity index (χ2v) is 6.32. The first-order chi connectivity index (χ1) is 11.2. The van der Waals surface area contributed by atoms with Gasteiger partial charge in [0.05, 0.1) is 13.2 Å². The van der Waals surface area contributed by atoms with Crippen LogP contribution in [-0.4, -0.2) is 61.3 Å².